The molecule has 1 heterocycles. The van der Waals surface area contributed by atoms with Crippen LogP contribution in [-0.4, -0.2) is 16.5 Å². The monoisotopic (exact) mass is 285 g/mol. The average molecular weight is 285 g/mol. The third-order valence-electron chi connectivity index (χ3n) is 3.92. The molecule has 1 N–H and O–H groups in total. The summed E-state index contributed by atoms with van der Waals surface area (Å²) < 4.78 is 13.5. The van der Waals surface area contributed by atoms with Gasteiger partial charge in [-0.15, -0.1) is 0 Å². The Bertz CT molecular complexity index is 667. The van der Waals surface area contributed by atoms with Crippen molar-refractivity contribution in [1.82, 2.24) is 9.97 Å². The van der Waals surface area contributed by atoms with Crippen molar-refractivity contribution in [3.8, 4) is 11.4 Å². The van der Waals surface area contributed by atoms with E-state index in [-0.39, 0.29) is 5.82 Å². The van der Waals surface area contributed by atoms with E-state index in [0.29, 0.717) is 5.82 Å². The van der Waals surface area contributed by atoms with Crippen LogP contribution in [0.4, 0.5) is 10.2 Å². The highest BCUT2D eigenvalue weighted by molar-refractivity contribution is 5.64. The van der Waals surface area contributed by atoms with Crippen LogP contribution in [-0.2, 0) is 12.8 Å². The van der Waals surface area contributed by atoms with Gasteiger partial charge in [-0.05, 0) is 50.3 Å². The molecule has 21 heavy (non-hydrogen) atoms. The molecule has 1 aliphatic carbocycles. The lowest BCUT2D eigenvalue weighted by Crippen LogP contribution is -2.08. The normalized spacial score (nSPS) is 13.3. The van der Waals surface area contributed by atoms with E-state index in [4.69, 9.17) is 0 Å². The van der Waals surface area contributed by atoms with Crippen molar-refractivity contribution in [2.75, 3.05) is 11.9 Å². The largest absolute Gasteiger partial charge is 0.370 e. The average Bonchev–Trinajstić information content (AvgIpc) is 2.95. The van der Waals surface area contributed by atoms with Crippen molar-refractivity contribution in [1.29, 1.82) is 0 Å². The van der Waals surface area contributed by atoms with E-state index in [1.807, 2.05) is 6.92 Å². The minimum absolute atomic E-state index is 0.247. The fourth-order valence-corrected chi connectivity index (χ4v) is 2.78. The minimum Gasteiger partial charge on any atom is -0.370 e. The van der Waals surface area contributed by atoms with Crippen LogP contribution in [0.5, 0.6) is 0 Å². The summed E-state index contributed by atoms with van der Waals surface area (Å²) >= 11 is 0. The third-order valence-corrected chi connectivity index (χ3v) is 3.92. The van der Waals surface area contributed by atoms with Gasteiger partial charge in [-0.25, -0.2) is 14.4 Å². The number of hydrogen-bond acceptors (Lipinski definition) is 3. The van der Waals surface area contributed by atoms with E-state index in [1.165, 1.54) is 17.7 Å². The number of aromatic nitrogens is 2. The van der Waals surface area contributed by atoms with Crippen LogP contribution in [0.1, 0.15) is 36.6 Å². The standard InChI is InChI=1S/C17H20FN3/c1-3-9-19-16-13-5-4-6-15(13)20-17(21-16)14-10-12(18)8-7-11(14)2/h7-8,10H,3-6,9H2,1-2H3,(H,19,20,21). The maximum Gasteiger partial charge on any atom is 0.162 e. The molecule has 4 heteroatoms. The summed E-state index contributed by atoms with van der Waals surface area (Å²) in [4.78, 5) is 9.34. The van der Waals surface area contributed by atoms with Gasteiger partial charge in [-0.1, -0.05) is 13.0 Å². The highest BCUT2D eigenvalue weighted by Crippen LogP contribution is 2.30. The second kappa shape index (κ2) is 5.80. The molecule has 0 aliphatic heterocycles. The van der Waals surface area contributed by atoms with Gasteiger partial charge in [-0.2, -0.15) is 0 Å². The molecule has 0 bridgehead atoms. The summed E-state index contributed by atoms with van der Waals surface area (Å²) in [7, 11) is 0. The molecule has 0 radical (unpaired) electrons. The zero-order valence-corrected chi connectivity index (χ0v) is 12.5. The Morgan fingerprint density at radius 2 is 2.10 bits per heavy atom. The Hall–Kier alpha value is -1.97. The van der Waals surface area contributed by atoms with Crippen LogP contribution in [0.25, 0.3) is 11.4 Å². The van der Waals surface area contributed by atoms with E-state index >= 15 is 0 Å². The SMILES string of the molecule is CCCNc1nc(-c2cc(F)ccc2C)nc2c1CCC2. The van der Waals surface area contributed by atoms with E-state index in [0.717, 1.165) is 54.9 Å². The van der Waals surface area contributed by atoms with Crippen molar-refractivity contribution in [3.05, 3.63) is 40.8 Å². The summed E-state index contributed by atoms with van der Waals surface area (Å²) in [5, 5.41) is 3.39. The van der Waals surface area contributed by atoms with Crippen LogP contribution >= 0.6 is 0 Å². The van der Waals surface area contributed by atoms with Gasteiger partial charge in [0.15, 0.2) is 5.82 Å². The predicted octanol–water partition coefficient (Wildman–Crippen LogP) is 3.90. The second-order valence-corrected chi connectivity index (χ2v) is 5.56. The number of nitrogens with one attached hydrogen (secondary N) is 1. The summed E-state index contributed by atoms with van der Waals surface area (Å²) in [5.41, 5.74) is 4.13. The van der Waals surface area contributed by atoms with E-state index in [9.17, 15) is 4.39 Å². The summed E-state index contributed by atoms with van der Waals surface area (Å²) in [6.07, 6.45) is 4.19. The first kappa shape index (κ1) is 14.0. The Balaban J connectivity index is 2.08. The first-order valence-corrected chi connectivity index (χ1v) is 7.59. The molecule has 0 saturated heterocycles. The molecule has 1 aromatic heterocycles. The first-order valence-electron chi connectivity index (χ1n) is 7.59. The molecule has 0 atom stereocenters. The lowest BCUT2D eigenvalue weighted by Gasteiger charge is -2.13. The van der Waals surface area contributed by atoms with Crippen molar-refractivity contribution in [2.24, 2.45) is 0 Å². The minimum atomic E-state index is -0.247. The van der Waals surface area contributed by atoms with Crippen LogP contribution in [0.3, 0.4) is 0 Å². The number of hydrogen-bond donors (Lipinski definition) is 1. The fraction of sp³-hybridized carbons (Fsp3) is 0.412. The Morgan fingerprint density at radius 3 is 2.90 bits per heavy atom. The Kier molecular flexibility index (Phi) is 3.86. The summed E-state index contributed by atoms with van der Waals surface area (Å²) in [6.45, 7) is 4.99. The lowest BCUT2D eigenvalue weighted by atomic mass is 10.1. The molecule has 0 fully saturated rings. The molecule has 1 aliphatic rings. The molecular formula is C17H20FN3. The van der Waals surface area contributed by atoms with Gasteiger partial charge < -0.3 is 5.32 Å². The molecule has 3 nitrogen and oxygen atoms in total. The predicted molar refractivity (Wildman–Crippen MR) is 83.0 cm³/mol. The Morgan fingerprint density at radius 1 is 1.24 bits per heavy atom. The highest BCUT2D eigenvalue weighted by atomic mass is 19.1. The third kappa shape index (κ3) is 2.75. The van der Waals surface area contributed by atoms with Gasteiger partial charge in [0.05, 0.1) is 0 Å². The van der Waals surface area contributed by atoms with Gasteiger partial charge in [0.25, 0.3) is 0 Å². The number of anilines is 1. The Labute approximate surface area is 124 Å². The first-order chi connectivity index (χ1) is 10.2. The topological polar surface area (TPSA) is 37.8 Å². The number of nitrogens with zero attached hydrogens (tertiary/aromatic N) is 2. The summed E-state index contributed by atoms with van der Waals surface area (Å²) in [6, 6.07) is 4.78. The van der Waals surface area contributed by atoms with E-state index in [2.05, 4.69) is 22.2 Å². The van der Waals surface area contributed by atoms with Crippen LogP contribution in [0.15, 0.2) is 18.2 Å². The number of benzene rings is 1. The van der Waals surface area contributed by atoms with E-state index < -0.39 is 0 Å². The second-order valence-electron chi connectivity index (χ2n) is 5.56. The molecule has 110 valence electrons. The molecule has 0 saturated carbocycles. The quantitative estimate of drug-likeness (QED) is 0.925. The van der Waals surface area contributed by atoms with Crippen LogP contribution < -0.4 is 5.32 Å². The smallest absolute Gasteiger partial charge is 0.162 e. The zero-order valence-electron chi connectivity index (χ0n) is 12.5. The number of aryl methyl sites for hydroxylation is 2. The highest BCUT2D eigenvalue weighted by Gasteiger charge is 2.20. The molecular weight excluding hydrogens is 265 g/mol. The lowest BCUT2D eigenvalue weighted by molar-refractivity contribution is 0.627. The van der Waals surface area contributed by atoms with Gasteiger partial charge >= 0.3 is 0 Å². The number of halogens is 1. The zero-order chi connectivity index (χ0) is 14.8. The summed E-state index contributed by atoms with van der Waals surface area (Å²) in [5.74, 6) is 1.31. The number of fused-ring (bicyclic) bond motifs is 1. The van der Waals surface area contributed by atoms with Crippen LogP contribution in [0, 0.1) is 12.7 Å². The molecule has 1 aromatic carbocycles. The van der Waals surface area contributed by atoms with Gasteiger partial charge in [0.1, 0.15) is 11.6 Å². The van der Waals surface area contributed by atoms with Crippen molar-refractivity contribution in [2.45, 2.75) is 39.5 Å². The van der Waals surface area contributed by atoms with Gasteiger partial charge in [0.2, 0.25) is 0 Å². The molecule has 0 spiro atoms. The molecule has 0 amide bonds. The van der Waals surface area contributed by atoms with Crippen molar-refractivity contribution < 1.29 is 4.39 Å². The maximum atomic E-state index is 13.5. The van der Waals surface area contributed by atoms with Gasteiger partial charge in [-0.3, -0.25) is 0 Å². The molecule has 3 rings (SSSR count). The molecule has 0 unspecified atom stereocenters. The van der Waals surface area contributed by atoms with Gasteiger partial charge in [0, 0.05) is 23.4 Å². The van der Waals surface area contributed by atoms with Crippen molar-refractivity contribution in [3.63, 3.8) is 0 Å². The fourth-order valence-electron chi connectivity index (χ4n) is 2.78. The number of rotatable bonds is 4. The maximum absolute atomic E-state index is 13.5. The van der Waals surface area contributed by atoms with E-state index in [1.54, 1.807) is 6.07 Å². The van der Waals surface area contributed by atoms with Crippen LogP contribution in [0.2, 0.25) is 0 Å². The molecule has 2 aromatic rings. The van der Waals surface area contributed by atoms with Crippen molar-refractivity contribution >= 4 is 5.82 Å².